The van der Waals surface area contributed by atoms with Gasteiger partial charge in [-0.05, 0) is 30.6 Å². The molecule has 0 radical (unpaired) electrons. The van der Waals surface area contributed by atoms with Gasteiger partial charge in [-0.15, -0.1) is 0 Å². The highest BCUT2D eigenvalue weighted by molar-refractivity contribution is 5.94. The molecule has 32 heavy (non-hydrogen) atoms. The van der Waals surface area contributed by atoms with Gasteiger partial charge < -0.3 is 24.8 Å². The lowest BCUT2D eigenvalue weighted by atomic mass is 9.38. The zero-order valence-electron chi connectivity index (χ0n) is 19.8. The maximum Gasteiger partial charge on any atom is 0.302 e. The van der Waals surface area contributed by atoms with E-state index in [1.165, 1.54) is 13.8 Å². The van der Waals surface area contributed by atoms with Crippen LogP contribution < -0.4 is 0 Å². The second kappa shape index (κ2) is 7.00. The first kappa shape index (κ1) is 23.6. The van der Waals surface area contributed by atoms with Gasteiger partial charge in [-0.2, -0.15) is 0 Å². The Morgan fingerprint density at radius 1 is 1.06 bits per heavy atom. The van der Waals surface area contributed by atoms with Gasteiger partial charge >= 0.3 is 11.9 Å². The van der Waals surface area contributed by atoms with Crippen molar-refractivity contribution in [3.63, 3.8) is 0 Å². The molecule has 2 bridgehead atoms. The highest BCUT2D eigenvalue weighted by atomic mass is 16.6. The topological polar surface area (TPSA) is 130 Å². The molecular formula is C24H36O8. The number of Topliss-reactive ketones (excluding diaryl/α,β-unsaturated/α-hetero) is 1. The minimum absolute atomic E-state index is 0.116. The Morgan fingerprint density at radius 2 is 1.66 bits per heavy atom. The van der Waals surface area contributed by atoms with E-state index in [4.69, 9.17) is 9.47 Å². The largest absolute Gasteiger partial charge is 0.462 e. The van der Waals surface area contributed by atoms with E-state index < -0.39 is 70.4 Å². The van der Waals surface area contributed by atoms with E-state index >= 15 is 0 Å². The van der Waals surface area contributed by atoms with Crippen LogP contribution in [0.5, 0.6) is 0 Å². The summed E-state index contributed by atoms with van der Waals surface area (Å²) in [4.78, 5) is 37.9. The second-order valence-corrected chi connectivity index (χ2v) is 11.5. The normalized spacial score (nSPS) is 51.4. The van der Waals surface area contributed by atoms with Crippen molar-refractivity contribution in [2.24, 2.45) is 34.0 Å². The Balaban J connectivity index is 1.99. The fraction of sp³-hybridized carbons (Fsp3) is 0.875. The number of ether oxygens (including phenoxy) is 2. The van der Waals surface area contributed by atoms with E-state index in [-0.39, 0.29) is 24.2 Å². The van der Waals surface area contributed by atoms with Crippen molar-refractivity contribution >= 4 is 17.7 Å². The number of fused-ring (bicyclic) bond motifs is 3. The number of ketones is 1. The van der Waals surface area contributed by atoms with Gasteiger partial charge in [-0.3, -0.25) is 14.4 Å². The summed E-state index contributed by atoms with van der Waals surface area (Å²) in [6.07, 6.45) is -2.81. The monoisotopic (exact) mass is 452 g/mol. The molecule has 0 aromatic carbocycles. The molecule has 4 fully saturated rings. The number of hydrogen-bond donors (Lipinski definition) is 3. The minimum atomic E-state index is -1.81. The zero-order valence-corrected chi connectivity index (χ0v) is 19.8. The van der Waals surface area contributed by atoms with Crippen LogP contribution in [0.3, 0.4) is 0 Å². The molecule has 0 heterocycles. The molecule has 8 nitrogen and oxygen atoms in total. The van der Waals surface area contributed by atoms with Gasteiger partial charge in [0.1, 0.15) is 17.8 Å². The van der Waals surface area contributed by atoms with Gasteiger partial charge in [-0.25, -0.2) is 0 Å². The summed E-state index contributed by atoms with van der Waals surface area (Å²) in [6.45, 7) is 10.3. The highest BCUT2D eigenvalue weighted by Crippen LogP contribution is 2.72. The molecule has 6 unspecified atom stereocenters. The van der Waals surface area contributed by atoms with Crippen LogP contribution in [0.4, 0.5) is 0 Å². The van der Waals surface area contributed by atoms with Gasteiger partial charge in [0, 0.05) is 37.5 Å². The predicted molar refractivity (Wildman–Crippen MR) is 112 cm³/mol. The molecular weight excluding hydrogens is 416 g/mol. The Morgan fingerprint density at radius 3 is 2.22 bits per heavy atom. The molecule has 4 aliphatic rings. The molecule has 0 aromatic rings. The fourth-order valence-electron chi connectivity index (χ4n) is 8.39. The number of rotatable bonds is 2. The van der Waals surface area contributed by atoms with Crippen molar-refractivity contribution < 1.29 is 39.2 Å². The Bertz CT molecular complexity index is 853. The molecule has 10 atom stereocenters. The lowest BCUT2D eigenvalue weighted by Crippen LogP contribution is -2.75. The van der Waals surface area contributed by atoms with Gasteiger partial charge in [0.05, 0.1) is 17.6 Å². The smallest absolute Gasteiger partial charge is 0.302 e. The molecule has 8 heteroatoms. The van der Waals surface area contributed by atoms with Crippen molar-refractivity contribution in [2.45, 2.75) is 97.2 Å². The fourth-order valence-corrected chi connectivity index (χ4v) is 8.39. The second-order valence-electron chi connectivity index (χ2n) is 11.5. The number of hydrogen-bond acceptors (Lipinski definition) is 8. The Kier molecular flexibility index (Phi) is 5.17. The lowest BCUT2D eigenvalue weighted by Gasteiger charge is -2.68. The lowest BCUT2D eigenvalue weighted by molar-refractivity contribution is -0.296. The number of esters is 2. The van der Waals surface area contributed by atoms with Crippen molar-refractivity contribution in [3.8, 4) is 0 Å². The van der Waals surface area contributed by atoms with Gasteiger partial charge in [-0.1, -0.05) is 27.7 Å². The Labute approximate surface area is 188 Å². The SMILES string of the molecule is CC(=O)OC1C[C@]2(O)C(O)C3(C(=O)[C@@H]2C)C(O)CC2C(C)(C)CC[C@@H](OC(C)=O)[C@@]2(C)C13. The third-order valence-corrected chi connectivity index (χ3v) is 9.66. The van der Waals surface area contributed by atoms with Gasteiger partial charge in [0.2, 0.25) is 0 Å². The molecule has 0 aliphatic heterocycles. The maximum absolute atomic E-state index is 13.8. The van der Waals surface area contributed by atoms with E-state index in [0.717, 1.165) is 6.42 Å². The highest BCUT2D eigenvalue weighted by Gasteiger charge is 2.82. The molecule has 0 amide bonds. The number of carbonyl (C=O) groups excluding carboxylic acids is 3. The van der Waals surface area contributed by atoms with Crippen LogP contribution in [0.25, 0.3) is 0 Å². The van der Waals surface area contributed by atoms with Crippen LogP contribution in [-0.4, -0.2) is 63.1 Å². The van der Waals surface area contributed by atoms with E-state index in [0.29, 0.717) is 6.42 Å². The summed E-state index contributed by atoms with van der Waals surface area (Å²) in [6, 6.07) is 0. The van der Waals surface area contributed by atoms with Crippen molar-refractivity contribution in [1.82, 2.24) is 0 Å². The quantitative estimate of drug-likeness (QED) is 0.536. The van der Waals surface area contributed by atoms with E-state index in [1.807, 2.05) is 6.92 Å². The molecule has 180 valence electrons. The first-order valence-electron chi connectivity index (χ1n) is 11.6. The molecule has 4 rings (SSSR count). The first-order valence-corrected chi connectivity index (χ1v) is 11.6. The number of carbonyl (C=O) groups is 3. The molecule has 3 N–H and O–H groups in total. The summed E-state index contributed by atoms with van der Waals surface area (Å²) < 4.78 is 11.5. The molecule has 0 saturated heterocycles. The number of aliphatic hydroxyl groups excluding tert-OH is 2. The Hall–Kier alpha value is -1.51. The molecule has 4 aliphatic carbocycles. The van der Waals surface area contributed by atoms with E-state index in [9.17, 15) is 29.7 Å². The number of aliphatic hydroxyl groups is 3. The van der Waals surface area contributed by atoms with Gasteiger partial charge in [0.15, 0.2) is 5.78 Å². The van der Waals surface area contributed by atoms with E-state index in [1.54, 1.807) is 6.92 Å². The van der Waals surface area contributed by atoms with Crippen LogP contribution in [0, 0.1) is 34.0 Å². The summed E-state index contributed by atoms with van der Waals surface area (Å²) in [5.74, 6) is -3.34. The maximum atomic E-state index is 13.8. The van der Waals surface area contributed by atoms with Crippen molar-refractivity contribution in [3.05, 3.63) is 0 Å². The van der Waals surface area contributed by atoms with Crippen molar-refractivity contribution in [1.29, 1.82) is 0 Å². The van der Waals surface area contributed by atoms with E-state index in [2.05, 4.69) is 13.8 Å². The standard InChI is InChI=1S/C24H36O8/c1-11-19(28)24-16(27)9-15-21(4,5)8-7-17(32-13(3)26)22(15,6)18(24)14(31-12(2)25)10-23(11,30)20(24)29/h11,14-18,20,27,29-30H,7-10H2,1-6H3/t11-,14?,15?,16?,17+,18?,20?,22-,23+,24?/m0/s1. The summed E-state index contributed by atoms with van der Waals surface area (Å²) >= 11 is 0. The predicted octanol–water partition coefficient (Wildman–Crippen LogP) is 1.37. The molecule has 0 aromatic heterocycles. The summed E-state index contributed by atoms with van der Waals surface area (Å²) in [5, 5.41) is 34.4. The minimum Gasteiger partial charge on any atom is -0.462 e. The third kappa shape index (κ3) is 2.69. The average molecular weight is 453 g/mol. The van der Waals surface area contributed by atoms with Crippen molar-refractivity contribution in [2.75, 3.05) is 0 Å². The van der Waals surface area contributed by atoms with Crippen LogP contribution in [-0.2, 0) is 23.9 Å². The van der Waals surface area contributed by atoms with Crippen LogP contribution in [0.2, 0.25) is 0 Å². The zero-order chi connectivity index (χ0) is 24.0. The first-order chi connectivity index (χ1) is 14.6. The van der Waals surface area contributed by atoms with Crippen LogP contribution in [0.1, 0.15) is 67.2 Å². The average Bonchev–Trinajstić information content (AvgIpc) is 2.75. The van der Waals surface area contributed by atoms with Crippen LogP contribution in [0.15, 0.2) is 0 Å². The van der Waals surface area contributed by atoms with Gasteiger partial charge in [0.25, 0.3) is 0 Å². The summed E-state index contributed by atoms with van der Waals surface area (Å²) in [5.41, 5.74) is -4.63. The summed E-state index contributed by atoms with van der Waals surface area (Å²) in [7, 11) is 0. The van der Waals surface area contributed by atoms with Crippen LogP contribution >= 0.6 is 0 Å². The molecule has 4 saturated carbocycles. The molecule has 1 spiro atoms. The third-order valence-electron chi connectivity index (χ3n) is 9.66.